The van der Waals surface area contributed by atoms with Gasteiger partial charge in [-0.2, -0.15) is 0 Å². The van der Waals surface area contributed by atoms with Gasteiger partial charge in [0.25, 0.3) is 0 Å². The Morgan fingerprint density at radius 3 is 2.53 bits per heavy atom. The number of imide groups is 2. The molecule has 2 heterocycles. The molecule has 1 unspecified atom stereocenters. The summed E-state index contributed by atoms with van der Waals surface area (Å²) in [7, 11) is 0. The Labute approximate surface area is 111 Å². The van der Waals surface area contributed by atoms with Crippen LogP contribution in [-0.4, -0.2) is 41.0 Å². The third-order valence-corrected chi connectivity index (χ3v) is 4.29. The zero-order valence-electron chi connectivity index (χ0n) is 11.2. The number of nitrogens with zero attached hydrogens (tertiary/aromatic N) is 1. The van der Waals surface area contributed by atoms with E-state index >= 15 is 0 Å². The van der Waals surface area contributed by atoms with Crippen LogP contribution in [0.1, 0.15) is 39.5 Å². The van der Waals surface area contributed by atoms with Gasteiger partial charge in [0, 0.05) is 12.6 Å². The molecule has 1 saturated carbocycles. The van der Waals surface area contributed by atoms with Gasteiger partial charge in [-0.3, -0.25) is 19.8 Å². The molecule has 6 nitrogen and oxygen atoms in total. The largest absolute Gasteiger partial charge is 0.375 e. The van der Waals surface area contributed by atoms with E-state index in [1.54, 1.807) is 0 Å². The van der Waals surface area contributed by atoms with E-state index in [0.29, 0.717) is 32.3 Å². The minimum Gasteiger partial charge on any atom is -0.375 e. The van der Waals surface area contributed by atoms with E-state index < -0.39 is 17.4 Å². The summed E-state index contributed by atoms with van der Waals surface area (Å²) in [6, 6.07) is -0.753. The molecular formula is C13H18N2O4. The van der Waals surface area contributed by atoms with Crippen molar-refractivity contribution in [2.24, 2.45) is 5.41 Å². The minimum absolute atomic E-state index is 0.179. The Morgan fingerprint density at radius 1 is 1.26 bits per heavy atom. The second-order valence-electron chi connectivity index (χ2n) is 6.27. The Balaban J connectivity index is 1.85. The molecule has 2 saturated heterocycles. The summed E-state index contributed by atoms with van der Waals surface area (Å²) in [5.74, 6) is -0.742. The highest BCUT2D eigenvalue weighted by Gasteiger charge is 2.63. The van der Waals surface area contributed by atoms with Crippen LogP contribution in [0.2, 0.25) is 0 Å². The van der Waals surface area contributed by atoms with Gasteiger partial charge in [-0.1, -0.05) is 0 Å². The number of carbonyl (C=O) groups is 3. The maximum Gasteiger partial charge on any atom is 0.331 e. The lowest BCUT2D eigenvalue weighted by Gasteiger charge is -2.42. The normalized spacial score (nSPS) is 32.4. The predicted octanol–water partition coefficient (Wildman–Crippen LogP) is 0.803. The summed E-state index contributed by atoms with van der Waals surface area (Å²) in [6.45, 7) is 4.42. The maximum absolute atomic E-state index is 12.4. The van der Waals surface area contributed by atoms with Crippen molar-refractivity contribution in [3.63, 3.8) is 0 Å². The van der Waals surface area contributed by atoms with Gasteiger partial charge >= 0.3 is 6.03 Å². The lowest BCUT2D eigenvalue weighted by molar-refractivity contribution is -0.149. The van der Waals surface area contributed by atoms with Gasteiger partial charge in [-0.25, -0.2) is 4.79 Å². The van der Waals surface area contributed by atoms with Crippen LogP contribution in [0, 0.1) is 5.41 Å². The third kappa shape index (κ3) is 1.85. The first-order valence-electron chi connectivity index (χ1n) is 6.69. The number of carbonyl (C=O) groups excluding carboxylic acids is 3. The fourth-order valence-corrected chi connectivity index (χ4v) is 3.01. The van der Waals surface area contributed by atoms with E-state index in [0.717, 1.165) is 0 Å². The van der Waals surface area contributed by atoms with Crippen molar-refractivity contribution >= 4 is 17.8 Å². The molecule has 0 bridgehead atoms. The van der Waals surface area contributed by atoms with Gasteiger partial charge in [0.05, 0.1) is 5.60 Å². The summed E-state index contributed by atoms with van der Waals surface area (Å²) in [5, 5.41) is 2.32. The molecule has 4 amide bonds. The summed E-state index contributed by atoms with van der Waals surface area (Å²) >= 11 is 0. The SMILES string of the molecule is CC1(C)CC(N2C(=O)NC(=O)C3(CC3)C2=O)CCO1. The van der Waals surface area contributed by atoms with E-state index in [-0.39, 0.29) is 17.6 Å². The average molecular weight is 266 g/mol. The maximum atomic E-state index is 12.4. The fraction of sp³-hybridized carbons (Fsp3) is 0.769. The predicted molar refractivity (Wildman–Crippen MR) is 65.1 cm³/mol. The van der Waals surface area contributed by atoms with Crippen molar-refractivity contribution in [3.05, 3.63) is 0 Å². The lowest BCUT2D eigenvalue weighted by atomic mass is 9.90. The number of barbiturate groups is 1. The first-order valence-corrected chi connectivity index (χ1v) is 6.69. The summed E-state index contributed by atoms with van der Waals surface area (Å²) < 4.78 is 5.61. The summed E-state index contributed by atoms with van der Waals surface area (Å²) in [4.78, 5) is 37.4. The molecular weight excluding hydrogens is 248 g/mol. The van der Waals surface area contributed by atoms with Gasteiger partial charge in [-0.15, -0.1) is 0 Å². The molecule has 19 heavy (non-hydrogen) atoms. The van der Waals surface area contributed by atoms with Crippen molar-refractivity contribution in [2.75, 3.05) is 6.61 Å². The number of hydrogen-bond donors (Lipinski definition) is 1. The Hall–Kier alpha value is -1.43. The molecule has 3 fully saturated rings. The van der Waals surface area contributed by atoms with Crippen LogP contribution < -0.4 is 5.32 Å². The lowest BCUT2D eigenvalue weighted by Crippen LogP contribution is -2.63. The molecule has 0 aromatic rings. The number of ether oxygens (including phenoxy) is 1. The van der Waals surface area contributed by atoms with Gasteiger partial charge in [0.2, 0.25) is 11.8 Å². The molecule has 1 spiro atoms. The van der Waals surface area contributed by atoms with Crippen molar-refractivity contribution < 1.29 is 19.1 Å². The van der Waals surface area contributed by atoms with Crippen LogP contribution in [0.25, 0.3) is 0 Å². The molecule has 0 radical (unpaired) electrons. The number of amides is 4. The van der Waals surface area contributed by atoms with Crippen molar-refractivity contribution in [2.45, 2.75) is 51.2 Å². The van der Waals surface area contributed by atoms with Crippen LogP contribution in [0.4, 0.5) is 4.79 Å². The topological polar surface area (TPSA) is 75.7 Å². The zero-order valence-corrected chi connectivity index (χ0v) is 11.2. The number of urea groups is 1. The first kappa shape index (κ1) is 12.6. The second-order valence-corrected chi connectivity index (χ2v) is 6.27. The number of nitrogens with one attached hydrogen (secondary N) is 1. The molecule has 0 aromatic heterocycles. The van der Waals surface area contributed by atoms with Crippen LogP contribution in [-0.2, 0) is 14.3 Å². The number of hydrogen-bond acceptors (Lipinski definition) is 4. The van der Waals surface area contributed by atoms with Gasteiger partial charge in [-0.05, 0) is 39.5 Å². The van der Waals surface area contributed by atoms with Crippen LogP contribution in [0.5, 0.6) is 0 Å². The molecule has 0 aromatic carbocycles. The zero-order chi connectivity index (χ0) is 13.8. The second kappa shape index (κ2) is 3.79. The third-order valence-electron chi connectivity index (χ3n) is 4.29. The van der Waals surface area contributed by atoms with E-state index in [1.165, 1.54) is 4.90 Å². The van der Waals surface area contributed by atoms with Crippen LogP contribution in [0.15, 0.2) is 0 Å². The number of rotatable bonds is 1. The van der Waals surface area contributed by atoms with Crippen molar-refractivity contribution in [1.29, 1.82) is 0 Å². The summed E-state index contributed by atoms with van der Waals surface area (Å²) in [5.41, 5.74) is -1.29. The van der Waals surface area contributed by atoms with E-state index in [4.69, 9.17) is 4.74 Å². The average Bonchev–Trinajstić information content (AvgIpc) is 3.06. The van der Waals surface area contributed by atoms with Crippen LogP contribution in [0.3, 0.4) is 0 Å². The highest BCUT2D eigenvalue weighted by atomic mass is 16.5. The van der Waals surface area contributed by atoms with E-state index in [1.807, 2.05) is 13.8 Å². The fourth-order valence-electron chi connectivity index (χ4n) is 3.01. The van der Waals surface area contributed by atoms with Gasteiger partial charge < -0.3 is 4.74 Å². The molecule has 3 rings (SSSR count). The smallest absolute Gasteiger partial charge is 0.331 e. The van der Waals surface area contributed by atoms with E-state index in [9.17, 15) is 14.4 Å². The summed E-state index contributed by atoms with van der Waals surface area (Å²) in [6.07, 6.45) is 2.34. The molecule has 1 N–H and O–H groups in total. The quantitative estimate of drug-likeness (QED) is 0.712. The van der Waals surface area contributed by atoms with Crippen molar-refractivity contribution in [1.82, 2.24) is 10.2 Å². The highest BCUT2D eigenvalue weighted by molar-refractivity contribution is 6.21. The Kier molecular flexibility index (Phi) is 2.51. The van der Waals surface area contributed by atoms with Crippen LogP contribution >= 0.6 is 0 Å². The minimum atomic E-state index is -0.948. The Bertz CT molecular complexity index is 467. The van der Waals surface area contributed by atoms with Gasteiger partial charge in [0.1, 0.15) is 5.41 Å². The molecule has 2 aliphatic heterocycles. The molecule has 104 valence electrons. The van der Waals surface area contributed by atoms with Crippen molar-refractivity contribution in [3.8, 4) is 0 Å². The van der Waals surface area contributed by atoms with E-state index in [2.05, 4.69) is 5.32 Å². The molecule has 6 heteroatoms. The molecule has 1 aliphatic carbocycles. The standard InChI is InChI=1S/C13H18N2O4/c1-12(2)7-8(3-6-19-12)15-10(17)13(4-5-13)9(16)14-11(15)18/h8H,3-7H2,1-2H3,(H,14,16,18). The first-order chi connectivity index (χ1) is 8.86. The highest BCUT2D eigenvalue weighted by Crippen LogP contribution is 2.49. The Morgan fingerprint density at radius 2 is 1.95 bits per heavy atom. The molecule has 1 atom stereocenters. The molecule has 3 aliphatic rings. The van der Waals surface area contributed by atoms with Gasteiger partial charge in [0.15, 0.2) is 0 Å². The monoisotopic (exact) mass is 266 g/mol.